The minimum absolute atomic E-state index is 0.274. The molecule has 0 unspecified atom stereocenters. The van der Waals surface area contributed by atoms with Crippen LogP contribution in [0.1, 0.15) is 10.4 Å². The van der Waals surface area contributed by atoms with Crippen molar-refractivity contribution in [2.75, 3.05) is 6.54 Å². The minimum Gasteiger partial charge on any atom is -0.485 e. The third-order valence-corrected chi connectivity index (χ3v) is 4.38. The van der Waals surface area contributed by atoms with Crippen molar-refractivity contribution in [2.24, 2.45) is 5.73 Å². The molecule has 0 saturated carbocycles. The molecule has 0 bridgehead atoms. The molecule has 2 nitrogen and oxygen atoms in total. The molecular formula is C13H13BrFNOS. The standard InChI is InChI=1S/C13H13BrFNOS/c14-10-4-6-18-13(10)8-17-12-2-1-9(3-5-16)7-11(12)15/h1-2,4,6-7H,3,5,8,16H2. The van der Waals surface area contributed by atoms with Gasteiger partial charge in [-0.2, -0.15) is 0 Å². The van der Waals surface area contributed by atoms with Crippen molar-refractivity contribution in [2.45, 2.75) is 13.0 Å². The quantitative estimate of drug-likeness (QED) is 0.907. The van der Waals surface area contributed by atoms with E-state index in [1.54, 1.807) is 17.4 Å². The zero-order chi connectivity index (χ0) is 13.0. The Kier molecular flexibility index (Phi) is 4.74. The van der Waals surface area contributed by atoms with Gasteiger partial charge in [-0.1, -0.05) is 6.07 Å². The lowest BCUT2D eigenvalue weighted by Crippen LogP contribution is -2.03. The number of ether oxygens (including phenoxy) is 1. The van der Waals surface area contributed by atoms with E-state index in [4.69, 9.17) is 10.5 Å². The van der Waals surface area contributed by atoms with Crippen molar-refractivity contribution >= 4 is 27.3 Å². The molecule has 96 valence electrons. The van der Waals surface area contributed by atoms with Crippen LogP contribution in [0.2, 0.25) is 0 Å². The van der Waals surface area contributed by atoms with Gasteiger partial charge in [-0.15, -0.1) is 11.3 Å². The Balaban J connectivity index is 2.03. The fraction of sp³-hybridized carbons (Fsp3) is 0.231. The van der Waals surface area contributed by atoms with Gasteiger partial charge in [-0.3, -0.25) is 0 Å². The van der Waals surface area contributed by atoms with Crippen LogP contribution in [0.3, 0.4) is 0 Å². The van der Waals surface area contributed by atoms with E-state index in [0.29, 0.717) is 19.6 Å². The molecule has 1 aromatic heterocycles. The Bertz CT molecular complexity index is 529. The third-order valence-electron chi connectivity index (χ3n) is 2.48. The summed E-state index contributed by atoms with van der Waals surface area (Å²) in [6, 6.07) is 6.92. The maximum Gasteiger partial charge on any atom is 0.165 e. The molecule has 0 fully saturated rings. The second-order valence-corrected chi connectivity index (χ2v) is 5.64. The molecule has 5 heteroatoms. The summed E-state index contributed by atoms with van der Waals surface area (Å²) in [5.74, 6) is -0.0651. The van der Waals surface area contributed by atoms with Crippen LogP contribution >= 0.6 is 27.3 Å². The van der Waals surface area contributed by atoms with Crippen molar-refractivity contribution in [3.05, 3.63) is 50.4 Å². The molecule has 1 heterocycles. The Morgan fingerprint density at radius 3 is 2.78 bits per heavy atom. The molecule has 0 atom stereocenters. The highest BCUT2D eigenvalue weighted by Gasteiger charge is 2.07. The van der Waals surface area contributed by atoms with Crippen LogP contribution in [-0.2, 0) is 13.0 Å². The molecule has 2 N–H and O–H groups in total. The molecule has 0 aliphatic rings. The zero-order valence-electron chi connectivity index (χ0n) is 9.66. The number of nitrogens with two attached hydrogens (primary N) is 1. The van der Waals surface area contributed by atoms with Gasteiger partial charge in [0, 0.05) is 4.47 Å². The van der Waals surface area contributed by atoms with Crippen LogP contribution < -0.4 is 10.5 Å². The molecule has 1 aromatic carbocycles. The van der Waals surface area contributed by atoms with Crippen molar-refractivity contribution in [1.29, 1.82) is 0 Å². The molecular weight excluding hydrogens is 317 g/mol. The van der Waals surface area contributed by atoms with Gasteiger partial charge in [0.05, 0.1) is 4.88 Å². The average molecular weight is 330 g/mol. The van der Waals surface area contributed by atoms with E-state index in [2.05, 4.69) is 15.9 Å². The Morgan fingerprint density at radius 1 is 1.33 bits per heavy atom. The lowest BCUT2D eigenvalue weighted by molar-refractivity contribution is 0.293. The van der Waals surface area contributed by atoms with Gasteiger partial charge in [0.1, 0.15) is 6.61 Å². The van der Waals surface area contributed by atoms with Gasteiger partial charge < -0.3 is 10.5 Å². The fourth-order valence-corrected chi connectivity index (χ4v) is 2.93. The molecule has 2 rings (SSSR count). The summed E-state index contributed by atoms with van der Waals surface area (Å²) in [6.45, 7) is 0.882. The number of hydrogen-bond acceptors (Lipinski definition) is 3. The van der Waals surface area contributed by atoms with E-state index in [1.165, 1.54) is 6.07 Å². The SMILES string of the molecule is NCCc1ccc(OCc2sccc2Br)c(F)c1. The Labute approximate surface area is 118 Å². The molecule has 0 radical (unpaired) electrons. The highest BCUT2D eigenvalue weighted by Crippen LogP contribution is 2.25. The maximum absolute atomic E-state index is 13.7. The molecule has 0 saturated heterocycles. The monoisotopic (exact) mass is 329 g/mol. The zero-order valence-corrected chi connectivity index (χ0v) is 12.1. The Morgan fingerprint density at radius 2 is 2.17 bits per heavy atom. The van der Waals surface area contributed by atoms with Crippen molar-refractivity contribution in [1.82, 2.24) is 0 Å². The van der Waals surface area contributed by atoms with Crippen molar-refractivity contribution in [3.8, 4) is 5.75 Å². The van der Waals surface area contributed by atoms with Gasteiger partial charge >= 0.3 is 0 Å². The van der Waals surface area contributed by atoms with Crippen molar-refractivity contribution in [3.63, 3.8) is 0 Å². The van der Waals surface area contributed by atoms with E-state index in [1.807, 2.05) is 17.5 Å². The number of rotatable bonds is 5. The first-order valence-corrected chi connectivity index (χ1v) is 7.21. The molecule has 18 heavy (non-hydrogen) atoms. The normalized spacial score (nSPS) is 10.6. The predicted molar refractivity (Wildman–Crippen MR) is 75.5 cm³/mol. The van der Waals surface area contributed by atoms with E-state index >= 15 is 0 Å². The van der Waals surface area contributed by atoms with Crippen LogP contribution in [0.5, 0.6) is 5.75 Å². The first kappa shape index (κ1) is 13.5. The van der Waals surface area contributed by atoms with E-state index in [0.717, 1.165) is 14.9 Å². The summed E-state index contributed by atoms with van der Waals surface area (Å²) in [7, 11) is 0. The van der Waals surface area contributed by atoms with Crippen LogP contribution in [-0.4, -0.2) is 6.54 Å². The maximum atomic E-state index is 13.7. The van der Waals surface area contributed by atoms with Crippen LogP contribution in [0.25, 0.3) is 0 Å². The summed E-state index contributed by atoms with van der Waals surface area (Å²) in [5, 5.41) is 1.96. The van der Waals surface area contributed by atoms with Gasteiger partial charge in [0.25, 0.3) is 0 Å². The fourth-order valence-electron chi connectivity index (χ4n) is 1.55. The lowest BCUT2D eigenvalue weighted by Gasteiger charge is -2.08. The second-order valence-electron chi connectivity index (χ2n) is 3.78. The van der Waals surface area contributed by atoms with Crippen LogP contribution in [0.4, 0.5) is 4.39 Å². The summed E-state index contributed by atoms with van der Waals surface area (Å²) in [4.78, 5) is 1.04. The average Bonchev–Trinajstić information content (AvgIpc) is 2.74. The number of hydrogen-bond donors (Lipinski definition) is 1. The second kappa shape index (κ2) is 6.31. The first-order chi connectivity index (χ1) is 8.70. The molecule has 2 aromatic rings. The smallest absolute Gasteiger partial charge is 0.165 e. The summed E-state index contributed by atoms with van der Waals surface area (Å²) in [5.41, 5.74) is 6.32. The highest BCUT2D eigenvalue weighted by molar-refractivity contribution is 9.10. The number of benzene rings is 1. The molecule has 0 spiro atoms. The van der Waals surface area contributed by atoms with E-state index in [9.17, 15) is 4.39 Å². The molecule has 0 aliphatic heterocycles. The van der Waals surface area contributed by atoms with Crippen molar-refractivity contribution < 1.29 is 9.13 Å². The number of halogens is 2. The summed E-state index contributed by atoms with van der Waals surface area (Å²) < 4.78 is 20.2. The van der Waals surface area contributed by atoms with E-state index in [-0.39, 0.29) is 11.6 Å². The number of thiophene rings is 1. The molecule has 0 aliphatic carbocycles. The van der Waals surface area contributed by atoms with Gasteiger partial charge in [0.15, 0.2) is 11.6 Å². The summed E-state index contributed by atoms with van der Waals surface area (Å²) >= 11 is 4.99. The topological polar surface area (TPSA) is 35.2 Å². The van der Waals surface area contributed by atoms with Crippen LogP contribution in [0.15, 0.2) is 34.1 Å². The van der Waals surface area contributed by atoms with Gasteiger partial charge in [-0.25, -0.2) is 4.39 Å². The highest BCUT2D eigenvalue weighted by atomic mass is 79.9. The largest absolute Gasteiger partial charge is 0.485 e. The molecule has 0 amide bonds. The minimum atomic E-state index is -0.339. The summed E-state index contributed by atoms with van der Waals surface area (Å²) in [6.07, 6.45) is 0.674. The van der Waals surface area contributed by atoms with Gasteiger partial charge in [0.2, 0.25) is 0 Å². The van der Waals surface area contributed by atoms with Crippen LogP contribution in [0, 0.1) is 5.82 Å². The van der Waals surface area contributed by atoms with E-state index < -0.39 is 0 Å². The lowest BCUT2D eigenvalue weighted by atomic mass is 10.1. The first-order valence-electron chi connectivity index (χ1n) is 5.54. The Hall–Kier alpha value is -0.910. The predicted octanol–water partition coefficient (Wildman–Crippen LogP) is 3.73. The third kappa shape index (κ3) is 3.31. The van der Waals surface area contributed by atoms with Gasteiger partial charge in [-0.05, 0) is 58.0 Å².